The van der Waals surface area contributed by atoms with Crippen molar-refractivity contribution < 1.29 is 4.42 Å². The van der Waals surface area contributed by atoms with Crippen molar-refractivity contribution in [2.45, 2.75) is 0 Å². The zero-order valence-electron chi connectivity index (χ0n) is 26.7. The minimum Gasteiger partial charge on any atom is -0.454 e. The molecule has 0 bridgehead atoms. The van der Waals surface area contributed by atoms with E-state index in [-0.39, 0.29) is 0 Å². The summed E-state index contributed by atoms with van der Waals surface area (Å²) in [4.78, 5) is 15.3. The van der Waals surface area contributed by atoms with Crippen LogP contribution in [0.3, 0.4) is 0 Å². The SMILES string of the molecule is c1ccc(-c2cc(-c3ccccc3)nc(-c3ccc(-c4ccc(-c5nc6c7ccccc7sc6c6oc7ccccc7c56)cc4)cc3)n2)cc1. The number of benzene rings is 6. The molecule has 4 aromatic heterocycles. The highest BCUT2D eigenvalue weighted by atomic mass is 32.1. The number of hydrogen-bond acceptors (Lipinski definition) is 5. The van der Waals surface area contributed by atoms with Crippen LogP contribution in [0.15, 0.2) is 168 Å². The van der Waals surface area contributed by atoms with Gasteiger partial charge in [0, 0.05) is 37.7 Å². The number of furan rings is 1. The standard InChI is InChI=1S/C45H27N3OS/c1-3-11-30(12-4-1)36-27-37(31-13-5-2-6-14-31)47-45(46-36)33-25-21-29(22-26-33)28-19-23-32(24-20-28)41-40-34-15-7-9-17-38(34)49-43(40)44-42(48-41)35-16-8-10-18-39(35)50-44/h1-27H. The summed E-state index contributed by atoms with van der Waals surface area (Å²) < 4.78 is 8.82. The van der Waals surface area contributed by atoms with Gasteiger partial charge in [-0.15, -0.1) is 11.3 Å². The molecule has 10 aromatic rings. The van der Waals surface area contributed by atoms with Crippen LogP contribution >= 0.6 is 11.3 Å². The lowest BCUT2D eigenvalue weighted by Crippen LogP contribution is -1.95. The van der Waals surface area contributed by atoms with Crippen LogP contribution in [0.4, 0.5) is 0 Å². The predicted octanol–water partition coefficient (Wildman–Crippen LogP) is 12.5. The molecule has 5 heteroatoms. The maximum atomic E-state index is 6.52. The highest BCUT2D eigenvalue weighted by Gasteiger charge is 2.20. The number of aromatic nitrogens is 3. The first-order valence-corrected chi connectivity index (χ1v) is 17.4. The fourth-order valence-electron chi connectivity index (χ4n) is 6.84. The first-order valence-electron chi connectivity index (χ1n) is 16.6. The summed E-state index contributed by atoms with van der Waals surface area (Å²) in [7, 11) is 0. The van der Waals surface area contributed by atoms with Gasteiger partial charge < -0.3 is 4.42 Å². The van der Waals surface area contributed by atoms with Gasteiger partial charge in [-0.05, 0) is 29.3 Å². The molecule has 0 N–H and O–H groups in total. The second kappa shape index (κ2) is 11.6. The molecule has 0 fully saturated rings. The molecule has 0 saturated carbocycles. The summed E-state index contributed by atoms with van der Waals surface area (Å²) in [5.74, 6) is 0.700. The minimum absolute atomic E-state index is 0.700. The van der Waals surface area contributed by atoms with E-state index in [0.717, 1.165) is 88.0 Å². The van der Waals surface area contributed by atoms with Gasteiger partial charge in [-0.2, -0.15) is 0 Å². The van der Waals surface area contributed by atoms with Crippen LogP contribution < -0.4 is 0 Å². The molecule has 0 aliphatic rings. The summed E-state index contributed by atoms with van der Waals surface area (Å²) in [5, 5.41) is 3.30. The third-order valence-electron chi connectivity index (χ3n) is 9.33. The van der Waals surface area contributed by atoms with Gasteiger partial charge in [-0.1, -0.05) is 146 Å². The summed E-state index contributed by atoms with van der Waals surface area (Å²) in [6.45, 7) is 0. The third kappa shape index (κ3) is 4.79. The van der Waals surface area contributed by atoms with Gasteiger partial charge >= 0.3 is 0 Å². The molecule has 10 rings (SSSR count). The molecule has 0 unspecified atom stereocenters. The van der Waals surface area contributed by atoms with E-state index in [4.69, 9.17) is 19.4 Å². The number of rotatable bonds is 5. The average molecular weight is 658 g/mol. The van der Waals surface area contributed by atoms with Crippen molar-refractivity contribution in [3.63, 3.8) is 0 Å². The van der Waals surface area contributed by atoms with Crippen molar-refractivity contribution in [3.05, 3.63) is 164 Å². The third-order valence-corrected chi connectivity index (χ3v) is 10.5. The second-order valence-corrected chi connectivity index (χ2v) is 13.4. The van der Waals surface area contributed by atoms with Gasteiger partial charge in [0.15, 0.2) is 11.4 Å². The van der Waals surface area contributed by atoms with Crippen molar-refractivity contribution in [1.29, 1.82) is 0 Å². The van der Waals surface area contributed by atoms with Crippen LogP contribution in [-0.2, 0) is 0 Å². The van der Waals surface area contributed by atoms with Crippen molar-refractivity contribution in [3.8, 4) is 56.3 Å². The Morgan fingerprint density at radius 3 is 1.64 bits per heavy atom. The molecular weight excluding hydrogens is 631 g/mol. The number of hydrogen-bond donors (Lipinski definition) is 0. The van der Waals surface area contributed by atoms with Crippen LogP contribution in [0.5, 0.6) is 0 Å². The molecule has 0 amide bonds. The van der Waals surface area contributed by atoms with Crippen molar-refractivity contribution in [1.82, 2.24) is 15.0 Å². The zero-order chi connectivity index (χ0) is 33.0. The Hall–Kier alpha value is -6.43. The molecule has 0 aliphatic heterocycles. The lowest BCUT2D eigenvalue weighted by molar-refractivity contribution is 0.673. The van der Waals surface area contributed by atoms with Gasteiger partial charge in [-0.25, -0.2) is 15.0 Å². The Morgan fingerprint density at radius 2 is 0.980 bits per heavy atom. The lowest BCUT2D eigenvalue weighted by atomic mass is 9.99. The van der Waals surface area contributed by atoms with E-state index in [2.05, 4.69) is 115 Å². The van der Waals surface area contributed by atoms with Crippen LogP contribution in [0, 0.1) is 0 Å². The Kier molecular flexibility index (Phi) is 6.64. The van der Waals surface area contributed by atoms with Crippen LogP contribution in [0.2, 0.25) is 0 Å². The number of nitrogens with zero attached hydrogens (tertiary/aromatic N) is 3. The second-order valence-electron chi connectivity index (χ2n) is 12.4. The van der Waals surface area contributed by atoms with E-state index < -0.39 is 0 Å². The number of thiophene rings is 1. The van der Waals surface area contributed by atoms with E-state index >= 15 is 0 Å². The Labute approximate surface area is 292 Å². The largest absolute Gasteiger partial charge is 0.454 e. The van der Waals surface area contributed by atoms with E-state index in [1.807, 2.05) is 48.5 Å². The fraction of sp³-hybridized carbons (Fsp3) is 0. The number of para-hydroxylation sites is 1. The summed E-state index contributed by atoms with van der Waals surface area (Å²) in [6, 6.07) is 56.6. The van der Waals surface area contributed by atoms with Crippen molar-refractivity contribution in [2.24, 2.45) is 0 Å². The molecule has 4 nitrogen and oxygen atoms in total. The maximum Gasteiger partial charge on any atom is 0.160 e. The summed E-state index contributed by atoms with van der Waals surface area (Å²) >= 11 is 1.74. The molecule has 0 atom stereocenters. The summed E-state index contributed by atoms with van der Waals surface area (Å²) in [6.07, 6.45) is 0. The highest BCUT2D eigenvalue weighted by Crippen LogP contribution is 2.44. The predicted molar refractivity (Wildman–Crippen MR) is 207 cm³/mol. The van der Waals surface area contributed by atoms with Gasteiger partial charge in [0.1, 0.15) is 5.58 Å². The molecule has 6 aromatic carbocycles. The smallest absolute Gasteiger partial charge is 0.160 e. The fourth-order valence-corrected chi connectivity index (χ4v) is 7.97. The first kappa shape index (κ1) is 28.6. The van der Waals surface area contributed by atoms with Gasteiger partial charge in [0.05, 0.1) is 32.7 Å². The van der Waals surface area contributed by atoms with Crippen LogP contribution in [-0.4, -0.2) is 15.0 Å². The van der Waals surface area contributed by atoms with E-state index in [0.29, 0.717) is 5.82 Å². The zero-order valence-corrected chi connectivity index (χ0v) is 27.6. The number of pyridine rings is 1. The molecule has 50 heavy (non-hydrogen) atoms. The monoisotopic (exact) mass is 657 g/mol. The summed E-state index contributed by atoms with van der Waals surface area (Å²) in [5.41, 5.74) is 11.9. The average Bonchev–Trinajstić information content (AvgIpc) is 3.77. The molecule has 4 heterocycles. The molecule has 0 saturated heterocycles. The lowest BCUT2D eigenvalue weighted by Gasteiger charge is -2.10. The molecular formula is C45H27N3OS. The quantitative estimate of drug-likeness (QED) is 0.185. The topological polar surface area (TPSA) is 51.8 Å². The normalized spacial score (nSPS) is 11.6. The maximum absolute atomic E-state index is 6.52. The van der Waals surface area contributed by atoms with Crippen LogP contribution in [0.25, 0.3) is 98.5 Å². The van der Waals surface area contributed by atoms with Gasteiger partial charge in [0.2, 0.25) is 0 Å². The number of fused-ring (bicyclic) bond motifs is 7. The first-order chi connectivity index (χ1) is 24.8. The highest BCUT2D eigenvalue weighted by molar-refractivity contribution is 7.26. The Balaban J connectivity index is 1.04. The van der Waals surface area contributed by atoms with Crippen molar-refractivity contribution >= 4 is 53.6 Å². The molecule has 0 radical (unpaired) electrons. The van der Waals surface area contributed by atoms with Crippen molar-refractivity contribution in [2.75, 3.05) is 0 Å². The Morgan fingerprint density at radius 1 is 0.440 bits per heavy atom. The molecule has 0 spiro atoms. The van der Waals surface area contributed by atoms with E-state index in [1.165, 1.54) is 4.70 Å². The van der Waals surface area contributed by atoms with Gasteiger partial charge in [0.25, 0.3) is 0 Å². The molecule has 234 valence electrons. The van der Waals surface area contributed by atoms with Crippen LogP contribution in [0.1, 0.15) is 0 Å². The van der Waals surface area contributed by atoms with Gasteiger partial charge in [-0.3, -0.25) is 0 Å². The van der Waals surface area contributed by atoms with E-state index in [9.17, 15) is 0 Å². The van der Waals surface area contributed by atoms with E-state index in [1.54, 1.807) is 11.3 Å². The minimum atomic E-state index is 0.700. The Bertz CT molecular complexity index is 2780. The molecule has 0 aliphatic carbocycles.